The highest BCUT2D eigenvalue weighted by molar-refractivity contribution is 5.77. The van der Waals surface area contributed by atoms with Crippen molar-refractivity contribution in [2.45, 2.75) is 31.0 Å². The first-order chi connectivity index (χ1) is 7.13. The molecule has 3 heterocycles. The number of hydrogen-bond acceptors (Lipinski definition) is 5. The summed E-state index contributed by atoms with van der Waals surface area (Å²) in [7, 11) is 0. The highest BCUT2D eigenvalue weighted by Crippen LogP contribution is 2.59. The van der Waals surface area contributed by atoms with Gasteiger partial charge in [0, 0.05) is 11.8 Å². The van der Waals surface area contributed by atoms with Gasteiger partial charge in [-0.25, -0.2) is 0 Å². The van der Waals surface area contributed by atoms with Gasteiger partial charge in [-0.15, -0.1) is 0 Å². The van der Waals surface area contributed by atoms with Gasteiger partial charge in [-0.3, -0.25) is 4.79 Å². The molecular formula is C10H12O5. The van der Waals surface area contributed by atoms with Gasteiger partial charge < -0.3 is 19.3 Å². The van der Waals surface area contributed by atoms with E-state index in [4.69, 9.17) is 14.2 Å². The van der Waals surface area contributed by atoms with Crippen molar-refractivity contribution < 1.29 is 24.1 Å². The Labute approximate surface area is 86.3 Å². The molecule has 7 atom stereocenters. The van der Waals surface area contributed by atoms with Crippen LogP contribution in [0.1, 0.15) is 6.92 Å². The Morgan fingerprint density at radius 1 is 1.47 bits per heavy atom. The summed E-state index contributed by atoms with van der Waals surface area (Å²) in [5.41, 5.74) is -0.945. The minimum absolute atomic E-state index is 0.0319. The van der Waals surface area contributed by atoms with Gasteiger partial charge >= 0.3 is 5.97 Å². The van der Waals surface area contributed by atoms with Crippen LogP contribution in [0.2, 0.25) is 0 Å². The summed E-state index contributed by atoms with van der Waals surface area (Å²) in [6, 6.07) is 0. The zero-order valence-electron chi connectivity index (χ0n) is 8.25. The first-order valence-electron chi connectivity index (χ1n) is 5.33. The van der Waals surface area contributed by atoms with Gasteiger partial charge in [0.25, 0.3) is 0 Å². The van der Waals surface area contributed by atoms with Crippen molar-refractivity contribution in [3.05, 3.63) is 0 Å². The van der Waals surface area contributed by atoms with Crippen LogP contribution in [-0.2, 0) is 19.0 Å². The molecule has 1 saturated carbocycles. The van der Waals surface area contributed by atoms with E-state index in [1.54, 1.807) is 0 Å². The largest absolute Gasteiger partial charge is 0.459 e. The third-order valence-electron chi connectivity index (χ3n) is 4.51. The van der Waals surface area contributed by atoms with Crippen LogP contribution in [0.15, 0.2) is 0 Å². The second kappa shape index (κ2) is 2.21. The molecule has 4 rings (SSSR count). The lowest BCUT2D eigenvalue weighted by molar-refractivity contribution is -0.260. The van der Waals surface area contributed by atoms with Crippen molar-refractivity contribution in [3.63, 3.8) is 0 Å². The van der Waals surface area contributed by atoms with Gasteiger partial charge in [0.1, 0.15) is 23.7 Å². The van der Waals surface area contributed by atoms with Crippen LogP contribution in [0.25, 0.3) is 0 Å². The number of rotatable bonds is 0. The van der Waals surface area contributed by atoms with E-state index in [1.165, 1.54) is 0 Å². The van der Waals surface area contributed by atoms with Gasteiger partial charge in [0.2, 0.25) is 0 Å². The molecule has 1 N–H and O–H groups in total. The number of hydrogen-bond donors (Lipinski definition) is 1. The highest BCUT2D eigenvalue weighted by Gasteiger charge is 2.75. The molecule has 5 heteroatoms. The Balaban J connectivity index is 1.92. The van der Waals surface area contributed by atoms with E-state index in [0.717, 1.165) is 0 Å². The molecule has 0 radical (unpaired) electrons. The molecule has 82 valence electrons. The van der Waals surface area contributed by atoms with Crippen LogP contribution in [0, 0.1) is 17.8 Å². The lowest BCUT2D eigenvalue weighted by Gasteiger charge is -2.40. The summed E-state index contributed by atoms with van der Waals surface area (Å²) in [5.74, 6) is -0.856. The maximum atomic E-state index is 11.6. The summed E-state index contributed by atoms with van der Waals surface area (Å²) < 4.78 is 16.4. The van der Waals surface area contributed by atoms with E-state index in [1.807, 2.05) is 6.92 Å². The maximum absolute atomic E-state index is 11.6. The number of carbonyl (C=O) groups excluding carboxylic acids is 1. The van der Waals surface area contributed by atoms with Crippen molar-refractivity contribution in [3.8, 4) is 0 Å². The number of esters is 1. The second-order valence-electron chi connectivity index (χ2n) is 5.01. The van der Waals surface area contributed by atoms with Crippen LogP contribution in [0.4, 0.5) is 0 Å². The molecule has 5 nitrogen and oxygen atoms in total. The molecule has 0 spiro atoms. The molecule has 0 amide bonds. The van der Waals surface area contributed by atoms with Crippen LogP contribution in [-0.4, -0.2) is 41.8 Å². The molecule has 0 aromatic heterocycles. The Kier molecular flexibility index (Phi) is 1.25. The van der Waals surface area contributed by atoms with Crippen molar-refractivity contribution in [1.82, 2.24) is 0 Å². The quantitative estimate of drug-likeness (QED) is 0.537. The average molecular weight is 212 g/mol. The minimum atomic E-state index is -0.945. The van der Waals surface area contributed by atoms with Gasteiger partial charge in [0.15, 0.2) is 6.29 Å². The number of aliphatic hydroxyl groups is 1. The Morgan fingerprint density at radius 2 is 2.27 bits per heavy atom. The molecule has 3 aliphatic heterocycles. The third-order valence-corrected chi connectivity index (χ3v) is 4.51. The summed E-state index contributed by atoms with van der Waals surface area (Å²) in [6.07, 6.45) is -0.964. The van der Waals surface area contributed by atoms with E-state index in [-0.39, 0.29) is 36.6 Å². The van der Waals surface area contributed by atoms with E-state index < -0.39 is 17.8 Å². The summed E-state index contributed by atoms with van der Waals surface area (Å²) >= 11 is 0. The monoisotopic (exact) mass is 212 g/mol. The summed E-state index contributed by atoms with van der Waals surface area (Å²) in [4.78, 5) is 11.6. The zero-order valence-corrected chi connectivity index (χ0v) is 8.25. The third kappa shape index (κ3) is 0.706. The molecule has 1 aliphatic carbocycles. The first-order valence-corrected chi connectivity index (χ1v) is 5.33. The Hall–Kier alpha value is -0.650. The molecule has 7 unspecified atom stereocenters. The maximum Gasteiger partial charge on any atom is 0.315 e. The molecule has 5 bridgehead atoms. The minimum Gasteiger partial charge on any atom is -0.459 e. The van der Waals surface area contributed by atoms with Crippen LogP contribution >= 0.6 is 0 Å². The van der Waals surface area contributed by atoms with Crippen LogP contribution < -0.4 is 0 Å². The predicted octanol–water partition coefficient (Wildman–Crippen LogP) is -0.720. The van der Waals surface area contributed by atoms with Crippen LogP contribution in [0.3, 0.4) is 0 Å². The van der Waals surface area contributed by atoms with Gasteiger partial charge in [-0.05, 0) is 0 Å². The molecule has 0 aromatic carbocycles. The molecule has 4 fully saturated rings. The topological polar surface area (TPSA) is 65.0 Å². The van der Waals surface area contributed by atoms with Crippen molar-refractivity contribution in [1.29, 1.82) is 0 Å². The fourth-order valence-electron chi connectivity index (χ4n) is 3.68. The normalized spacial score (nSPS) is 64.8. The Bertz CT molecular complexity index is 356. The zero-order chi connectivity index (χ0) is 10.4. The van der Waals surface area contributed by atoms with Crippen molar-refractivity contribution in [2.75, 3.05) is 6.61 Å². The van der Waals surface area contributed by atoms with Gasteiger partial charge in [0.05, 0.1) is 6.61 Å². The molecular weight excluding hydrogens is 200 g/mol. The van der Waals surface area contributed by atoms with E-state index >= 15 is 0 Å². The molecule has 4 aliphatic rings. The van der Waals surface area contributed by atoms with Crippen molar-refractivity contribution in [2.24, 2.45) is 17.8 Å². The molecule has 3 saturated heterocycles. The van der Waals surface area contributed by atoms with E-state index in [9.17, 15) is 9.90 Å². The van der Waals surface area contributed by atoms with Gasteiger partial charge in [-0.1, -0.05) is 6.92 Å². The first kappa shape index (κ1) is 8.50. The lowest BCUT2D eigenvalue weighted by Crippen LogP contribution is -2.55. The van der Waals surface area contributed by atoms with E-state index in [0.29, 0.717) is 0 Å². The second-order valence-corrected chi connectivity index (χ2v) is 5.01. The van der Waals surface area contributed by atoms with Crippen LogP contribution in [0.5, 0.6) is 0 Å². The predicted molar refractivity (Wildman–Crippen MR) is 45.6 cm³/mol. The smallest absolute Gasteiger partial charge is 0.315 e. The van der Waals surface area contributed by atoms with E-state index in [2.05, 4.69) is 0 Å². The fraction of sp³-hybridized carbons (Fsp3) is 0.900. The average Bonchev–Trinajstić information content (AvgIpc) is 2.50. The summed E-state index contributed by atoms with van der Waals surface area (Å²) in [6.45, 7) is 2.19. The van der Waals surface area contributed by atoms with Gasteiger partial charge in [-0.2, -0.15) is 0 Å². The SMILES string of the molecule is CC1C2OC3OCC1(O)C1C2OC(=O)C31. The number of ether oxygens (including phenoxy) is 3. The molecule has 15 heavy (non-hydrogen) atoms. The number of carbonyl (C=O) groups is 1. The fourth-order valence-corrected chi connectivity index (χ4v) is 3.68. The molecule has 0 aromatic rings. The van der Waals surface area contributed by atoms with Crippen molar-refractivity contribution >= 4 is 5.97 Å². The highest BCUT2D eigenvalue weighted by atomic mass is 16.7. The Morgan fingerprint density at radius 3 is 3.07 bits per heavy atom. The lowest BCUT2D eigenvalue weighted by atomic mass is 9.76. The summed E-state index contributed by atoms with van der Waals surface area (Å²) in [5, 5.41) is 10.5. The standard InChI is InChI=1S/C10H12O5/c1-3-6-7-5-4(8(11)14-7)9(15-6)13-2-10(3,5)12/h3-7,9,12H,2H2,1H3.